The van der Waals surface area contributed by atoms with E-state index in [4.69, 9.17) is 4.74 Å². The lowest BCUT2D eigenvalue weighted by atomic mass is 9.73. The first-order chi connectivity index (χ1) is 14.7. The second-order valence-corrected chi connectivity index (χ2v) is 7.47. The SMILES string of the molecule is CCOC(=O)C1C(=O)C=C(c2ccc(-c3ccccc3)cc2)CC1c1ccccc1. The van der Waals surface area contributed by atoms with Crippen LogP contribution in [0.15, 0.2) is 91.0 Å². The maximum Gasteiger partial charge on any atom is 0.317 e. The molecular formula is C27H24O3. The van der Waals surface area contributed by atoms with Crippen molar-refractivity contribution in [1.82, 2.24) is 0 Å². The highest BCUT2D eigenvalue weighted by atomic mass is 16.5. The molecule has 0 amide bonds. The summed E-state index contributed by atoms with van der Waals surface area (Å²) in [6.45, 7) is 2.03. The molecule has 2 unspecified atom stereocenters. The standard InChI is InChI=1S/C27H24O3/c1-2-30-27(29)26-24(22-11-7-4-8-12-22)17-23(18-25(26)28)21-15-13-20(14-16-21)19-9-5-3-6-10-19/h3-16,18,24,26H,2,17H2,1H3. The van der Waals surface area contributed by atoms with Crippen molar-refractivity contribution >= 4 is 17.3 Å². The number of carbonyl (C=O) groups excluding carboxylic acids is 2. The van der Waals surface area contributed by atoms with E-state index in [-0.39, 0.29) is 18.3 Å². The summed E-state index contributed by atoms with van der Waals surface area (Å²) in [7, 11) is 0. The molecule has 3 aromatic rings. The van der Waals surface area contributed by atoms with Gasteiger partial charge in [-0.3, -0.25) is 9.59 Å². The Balaban J connectivity index is 1.66. The van der Waals surface area contributed by atoms with Crippen molar-refractivity contribution in [2.24, 2.45) is 5.92 Å². The molecule has 2 atom stereocenters. The molecule has 0 aliphatic heterocycles. The van der Waals surface area contributed by atoms with Crippen LogP contribution in [0.5, 0.6) is 0 Å². The van der Waals surface area contributed by atoms with E-state index in [1.54, 1.807) is 13.0 Å². The van der Waals surface area contributed by atoms with E-state index in [9.17, 15) is 9.59 Å². The van der Waals surface area contributed by atoms with E-state index in [1.807, 2.05) is 60.7 Å². The minimum absolute atomic E-state index is 0.185. The quantitative estimate of drug-likeness (QED) is 0.412. The van der Waals surface area contributed by atoms with Gasteiger partial charge in [-0.25, -0.2) is 0 Å². The Morgan fingerprint density at radius 3 is 2.03 bits per heavy atom. The van der Waals surface area contributed by atoms with Gasteiger partial charge in [0.05, 0.1) is 6.61 Å². The molecule has 0 radical (unpaired) electrons. The largest absolute Gasteiger partial charge is 0.465 e. The Kier molecular flexibility index (Phi) is 5.89. The molecule has 3 nitrogen and oxygen atoms in total. The molecule has 1 aliphatic carbocycles. The zero-order valence-corrected chi connectivity index (χ0v) is 17.0. The molecule has 3 heteroatoms. The second kappa shape index (κ2) is 8.91. The third kappa shape index (κ3) is 4.11. The Bertz CT molecular complexity index is 1050. The van der Waals surface area contributed by atoms with Crippen LogP contribution in [0.4, 0.5) is 0 Å². The maximum absolute atomic E-state index is 13.0. The van der Waals surface area contributed by atoms with Gasteiger partial charge in [-0.2, -0.15) is 0 Å². The summed E-state index contributed by atoms with van der Waals surface area (Å²) in [5, 5.41) is 0. The fraction of sp³-hybridized carbons (Fsp3) is 0.185. The molecular weight excluding hydrogens is 372 g/mol. The highest BCUT2D eigenvalue weighted by Crippen LogP contribution is 2.40. The number of esters is 1. The molecule has 0 bridgehead atoms. The third-order valence-electron chi connectivity index (χ3n) is 5.60. The lowest BCUT2D eigenvalue weighted by Gasteiger charge is -2.29. The van der Waals surface area contributed by atoms with E-state index in [1.165, 1.54) is 0 Å². The van der Waals surface area contributed by atoms with E-state index in [0.29, 0.717) is 6.42 Å². The molecule has 30 heavy (non-hydrogen) atoms. The number of benzene rings is 3. The Labute approximate surface area is 177 Å². The minimum atomic E-state index is -0.792. The number of rotatable bonds is 5. The van der Waals surface area contributed by atoms with Crippen molar-refractivity contribution in [2.75, 3.05) is 6.61 Å². The van der Waals surface area contributed by atoms with Crippen LogP contribution in [0.3, 0.4) is 0 Å². The van der Waals surface area contributed by atoms with Crippen LogP contribution in [0, 0.1) is 5.92 Å². The van der Waals surface area contributed by atoms with Gasteiger partial charge >= 0.3 is 5.97 Å². The summed E-state index contributed by atoms with van der Waals surface area (Å²) in [6.07, 6.45) is 2.24. The summed E-state index contributed by atoms with van der Waals surface area (Å²) in [5.41, 5.74) is 5.23. The summed E-state index contributed by atoms with van der Waals surface area (Å²) < 4.78 is 5.22. The van der Waals surface area contributed by atoms with Crippen molar-refractivity contribution in [2.45, 2.75) is 19.3 Å². The number of carbonyl (C=O) groups is 2. The van der Waals surface area contributed by atoms with Crippen LogP contribution in [0.25, 0.3) is 16.7 Å². The van der Waals surface area contributed by atoms with Gasteiger partial charge in [0, 0.05) is 5.92 Å². The van der Waals surface area contributed by atoms with Crippen LogP contribution in [-0.2, 0) is 14.3 Å². The van der Waals surface area contributed by atoms with Crippen LogP contribution in [0.2, 0.25) is 0 Å². The average Bonchev–Trinajstić information content (AvgIpc) is 2.80. The first kappa shape index (κ1) is 19.8. The topological polar surface area (TPSA) is 43.4 Å². The molecule has 0 heterocycles. The van der Waals surface area contributed by atoms with Crippen molar-refractivity contribution in [3.8, 4) is 11.1 Å². The molecule has 150 valence electrons. The smallest absolute Gasteiger partial charge is 0.317 e. The van der Waals surface area contributed by atoms with Crippen LogP contribution < -0.4 is 0 Å². The number of hydrogen-bond donors (Lipinski definition) is 0. The van der Waals surface area contributed by atoms with Gasteiger partial charge in [0.2, 0.25) is 0 Å². The van der Waals surface area contributed by atoms with Gasteiger partial charge in [0.15, 0.2) is 5.78 Å². The fourth-order valence-corrected chi connectivity index (χ4v) is 4.11. The van der Waals surface area contributed by atoms with Crippen molar-refractivity contribution < 1.29 is 14.3 Å². The number of ether oxygens (including phenoxy) is 1. The normalized spacial score (nSPS) is 18.6. The molecule has 0 saturated heterocycles. The number of ketones is 1. The first-order valence-corrected chi connectivity index (χ1v) is 10.3. The van der Waals surface area contributed by atoms with Gasteiger partial charge in [-0.05, 0) is 47.2 Å². The highest BCUT2D eigenvalue weighted by Gasteiger charge is 2.39. The summed E-state index contributed by atoms with van der Waals surface area (Å²) in [5.74, 6) is -1.65. The average molecular weight is 396 g/mol. The summed E-state index contributed by atoms with van der Waals surface area (Å²) in [6, 6.07) is 28.2. The third-order valence-corrected chi connectivity index (χ3v) is 5.60. The van der Waals surface area contributed by atoms with Gasteiger partial charge in [-0.1, -0.05) is 84.9 Å². The van der Waals surface area contributed by atoms with Crippen molar-refractivity contribution in [3.05, 3.63) is 102 Å². The molecule has 0 fully saturated rings. The van der Waals surface area contributed by atoms with Crippen LogP contribution in [0.1, 0.15) is 30.4 Å². The Hall–Kier alpha value is -3.46. The van der Waals surface area contributed by atoms with Gasteiger partial charge in [0.25, 0.3) is 0 Å². The molecule has 0 aromatic heterocycles. The van der Waals surface area contributed by atoms with E-state index >= 15 is 0 Å². The molecule has 0 saturated carbocycles. The van der Waals surface area contributed by atoms with Gasteiger partial charge in [-0.15, -0.1) is 0 Å². The Morgan fingerprint density at radius 1 is 0.833 bits per heavy atom. The zero-order valence-electron chi connectivity index (χ0n) is 17.0. The second-order valence-electron chi connectivity index (χ2n) is 7.47. The van der Waals surface area contributed by atoms with Crippen molar-refractivity contribution in [3.63, 3.8) is 0 Å². The predicted octanol–water partition coefficient (Wildman–Crippen LogP) is 5.67. The fourth-order valence-electron chi connectivity index (χ4n) is 4.11. The summed E-state index contributed by atoms with van der Waals surface area (Å²) >= 11 is 0. The first-order valence-electron chi connectivity index (χ1n) is 10.3. The van der Waals surface area contributed by atoms with Crippen LogP contribution >= 0.6 is 0 Å². The van der Waals surface area contributed by atoms with E-state index < -0.39 is 11.9 Å². The van der Waals surface area contributed by atoms with E-state index in [2.05, 4.69) is 24.3 Å². The van der Waals surface area contributed by atoms with Gasteiger partial charge < -0.3 is 4.74 Å². The Morgan fingerprint density at radius 2 is 1.40 bits per heavy atom. The lowest BCUT2D eigenvalue weighted by molar-refractivity contribution is -0.151. The molecule has 0 N–H and O–H groups in total. The number of allylic oxidation sites excluding steroid dienone is 2. The molecule has 3 aromatic carbocycles. The molecule has 1 aliphatic rings. The summed E-state index contributed by atoms with van der Waals surface area (Å²) in [4.78, 5) is 25.6. The zero-order chi connectivity index (χ0) is 20.9. The van der Waals surface area contributed by atoms with Crippen molar-refractivity contribution in [1.29, 1.82) is 0 Å². The van der Waals surface area contributed by atoms with Gasteiger partial charge in [0.1, 0.15) is 5.92 Å². The number of hydrogen-bond acceptors (Lipinski definition) is 3. The maximum atomic E-state index is 13.0. The monoisotopic (exact) mass is 396 g/mol. The lowest BCUT2D eigenvalue weighted by Crippen LogP contribution is -2.34. The predicted molar refractivity (Wildman–Crippen MR) is 119 cm³/mol. The van der Waals surface area contributed by atoms with Crippen LogP contribution in [-0.4, -0.2) is 18.4 Å². The molecule has 4 rings (SSSR count). The molecule has 0 spiro atoms. The highest BCUT2D eigenvalue weighted by molar-refractivity contribution is 6.10. The minimum Gasteiger partial charge on any atom is -0.465 e. The van der Waals surface area contributed by atoms with E-state index in [0.717, 1.165) is 27.8 Å².